The van der Waals surface area contributed by atoms with E-state index in [0.717, 1.165) is 0 Å². The third-order valence-corrected chi connectivity index (χ3v) is 2.61. The van der Waals surface area contributed by atoms with Crippen LogP contribution in [0.1, 0.15) is 0 Å². The number of para-hydroxylation sites is 1. The summed E-state index contributed by atoms with van der Waals surface area (Å²) < 4.78 is 5.22. The van der Waals surface area contributed by atoms with E-state index in [9.17, 15) is 10.2 Å². The van der Waals surface area contributed by atoms with E-state index in [2.05, 4.69) is 5.16 Å². The Morgan fingerprint density at radius 1 is 1.00 bits per heavy atom. The van der Waals surface area contributed by atoms with E-state index in [1.165, 1.54) is 0 Å². The standard InChI is InChI=1S/C13H9NO3/c15-8-5-6-11-10(7-8)13(17-14-11)9-3-1-2-4-12(9)16/h1-7,15-16H. The molecule has 0 saturated heterocycles. The molecule has 1 heterocycles. The highest BCUT2D eigenvalue weighted by Gasteiger charge is 2.13. The minimum absolute atomic E-state index is 0.119. The molecule has 2 aromatic carbocycles. The number of aromatic nitrogens is 1. The van der Waals surface area contributed by atoms with Crippen LogP contribution >= 0.6 is 0 Å². The Hall–Kier alpha value is -2.49. The molecular weight excluding hydrogens is 218 g/mol. The number of hydrogen-bond donors (Lipinski definition) is 2. The maximum atomic E-state index is 9.76. The lowest BCUT2D eigenvalue weighted by Crippen LogP contribution is -1.76. The average Bonchev–Trinajstić information content (AvgIpc) is 2.72. The summed E-state index contributed by atoms with van der Waals surface area (Å²) in [7, 11) is 0. The molecule has 0 fully saturated rings. The van der Waals surface area contributed by atoms with Crippen molar-refractivity contribution in [3.63, 3.8) is 0 Å². The predicted octanol–water partition coefficient (Wildman–Crippen LogP) is 2.91. The van der Waals surface area contributed by atoms with Crippen molar-refractivity contribution >= 4 is 10.9 Å². The number of phenolic OH excluding ortho intramolecular Hbond substituents is 2. The van der Waals surface area contributed by atoms with Crippen molar-refractivity contribution in [2.24, 2.45) is 0 Å². The van der Waals surface area contributed by atoms with E-state index in [-0.39, 0.29) is 11.5 Å². The van der Waals surface area contributed by atoms with Gasteiger partial charge >= 0.3 is 0 Å². The molecule has 2 N–H and O–H groups in total. The zero-order valence-electron chi connectivity index (χ0n) is 8.79. The molecule has 84 valence electrons. The van der Waals surface area contributed by atoms with Crippen LogP contribution in [0.2, 0.25) is 0 Å². The average molecular weight is 227 g/mol. The first kappa shape index (κ1) is 9.72. The molecular formula is C13H9NO3. The highest BCUT2D eigenvalue weighted by Crippen LogP contribution is 2.35. The van der Waals surface area contributed by atoms with Gasteiger partial charge in [0.05, 0.1) is 10.9 Å². The molecule has 1 aromatic heterocycles. The third kappa shape index (κ3) is 1.50. The van der Waals surface area contributed by atoms with E-state index in [4.69, 9.17) is 4.52 Å². The molecule has 4 heteroatoms. The van der Waals surface area contributed by atoms with Crippen molar-refractivity contribution in [1.82, 2.24) is 5.16 Å². The zero-order valence-corrected chi connectivity index (χ0v) is 8.79. The Morgan fingerprint density at radius 2 is 1.82 bits per heavy atom. The summed E-state index contributed by atoms with van der Waals surface area (Å²) in [6.45, 7) is 0. The van der Waals surface area contributed by atoms with Gasteiger partial charge in [-0.15, -0.1) is 0 Å². The molecule has 0 aliphatic heterocycles. The monoisotopic (exact) mass is 227 g/mol. The maximum absolute atomic E-state index is 9.76. The van der Waals surface area contributed by atoms with Crippen LogP contribution in [-0.4, -0.2) is 15.4 Å². The van der Waals surface area contributed by atoms with Crippen LogP contribution in [0.25, 0.3) is 22.2 Å². The van der Waals surface area contributed by atoms with Gasteiger partial charge in [-0.05, 0) is 30.3 Å². The minimum atomic E-state index is 0.119. The summed E-state index contributed by atoms with van der Waals surface area (Å²) in [5, 5.41) is 23.8. The molecule has 0 atom stereocenters. The molecule has 0 bridgehead atoms. The van der Waals surface area contributed by atoms with Gasteiger partial charge in [0.15, 0.2) is 5.76 Å². The lowest BCUT2D eigenvalue weighted by atomic mass is 10.1. The topological polar surface area (TPSA) is 66.5 Å². The van der Waals surface area contributed by atoms with Crippen LogP contribution < -0.4 is 0 Å². The second kappa shape index (κ2) is 3.52. The van der Waals surface area contributed by atoms with Gasteiger partial charge in [-0.2, -0.15) is 0 Å². The van der Waals surface area contributed by atoms with Gasteiger partial charge < -0.3 is 14.7 Å². The number of hydrogen-bond acceptors (Lipinski definition) is 4. The Balaban J connectivity index is 2.31. The molecule has 0 aliphatic carbocycles. The van der Waals surface area contributed by atoms with Crippen molar-refractivity contribution in [3.05, 3.63) is 42.5 Å². The minimum Gasteiger partial charge on any atom is -0.508 e. The van der Waals surface area contributed by atoms with Crippen LogP contribution in [0, 0.1) is 0 Å². The van der Waals surface area contributed by atoms with Crippen molar-refractivity contribution in [2.45, 2.75) is 0 Å². The predicted molar refractivity (Wildman–Crippen MR) is 62.8 cm³/mol. The Kier molecular flexibility index (Phi) is 2.01. The molecule has 0 radical (unpaired) electrons. The molecule has 0 saturated carbocycles. The smallest absolute Gasteiger partial charge is 0.178 e. The molecule has 4 nitrogen and oxygen atoms in total. The largest absolute Gasteiger partial charge is 0.508 e. The molecule has 0 aliphatic rings. The highest BCUT2D eigenvalue weighted by molar-refractivity contribution is 5.93. The summed E-state index contributed by atoms with van der Waals surface area (Å²) in [5.74, 6) is 0.709. The summed E-state index contributed by atoms with van der Waals surface area (Å²) in [6.07, 6.45) is 0. The lowest BCUT2D eigenvalue weighted by Gasteiger charge is -1.99. The first-order chi connectivity index (χ1) is 8.25. The third-order valence-electron chi connectivity index (χ3n) is 2.61. The van der Waals surface area contributed by atoms with Crippen molar-refractivity contribution < 1.29 is 14.7 Å². The number of nitrogens with zero attached hydrogens (tertiary/aromatic N) is 1. The Bertz CT molecular complexity index is 688. The molecule has 17 heavy (non-hydrogen) atoms. The number of fused-ring (bicyclic) bond motifs is 1. The number of phenols is 2. The van der Waals surface area contributed by atoms with Crippen molar-refractivity contribution in [3.8, 4) is 22.8 Å². The van der Waals surface area contributed by atoms with Crippen molar-refractivity contribution in [1.29, 1.82) is 0 Å². The van der Waals surface area contributed by atoms with Gasteiger partial charge in [0.2, 0.25) is 0 Å². The van der Waals surface area contributed by atoms with Gasteiger partial charge in [0, 0.05) is 0 Å². The first-order valence-corrected chi connectivity index (χ1v) is 5.12. The highest BCUT2D eigenvalue weighted by atomic mass is 16.5. The van der Waals surface area contributed by atoms with E-state index in [0.29, 0.717) is 22.2 Å². The van der Waals surface area contributed by atoms with E-state index in [1.54, 1.807) is 42.5 Å². The normalized spacial score (nSPS) is 10.8. The van der Waals surface area contributed by atoms with E-state index < -0.39 is 0 Å². The van der Waals surface area contributed by atoms with Crippen LogP contribution in [0.15, 0.2) is 47.0 Å². The van der Waals surface area contributed by atoms with Crippen LogP contribution in [0.3, 0.4) is 0 Å². The number of rotatable bonds is 1. The van der Waals surface area contributed by atoms with Gasteiger partial charge in [-0.25, -0.2) is 0 Å². The Labute approximate surface area is 96.7 Å². The van der Waals surface area contributed by atoms with Crippen LogP contribution in [0.5, 0.6) is 11.5 Å². The lowest BCUT2D eigenvalue weighted by molar-refractivity contribution is 0.433. The molecule has 0 amide bonds. The fraction of sp³-hybridized carbons (Fsp3) is 0. The van der Waals surface area contributed by atoms with Gasteiger partial charge in [0.25, 0.3) is 0 Å². The van der Waals surface area contributed by atoms with Gasteiger partial charge in [-0.3, -0.25) is 0 Å². The molecule has 3 aromatic rings. The van der Waals surface area contributed by atoms with Crippen molar-refractivity contribution in [2.75, 3.05) is 0 Å². The Morgan fingerprint density at radius 3 is 2.65 bits per heavy atom. The molecule has 3 rings (SSSR count). The second-order valence-electron chi connectivity index (χ2n) is 3.73. The zero-order chi connectivity index (χ0) is 11.8. The van der Waals surface area contributed by atoms with Gasteiger partial charge in [0.1, 0.15) is 17.0 Å². The second-order valence-corrected chi connectivity index (χ2v) is 3.73. The fourth-order valence-corrected chi connectivity index (χ4v) is 1.79. The number of aromatic hydroxyl groups is 2. The SMILES string of the molecule is Oc1ccc2noc(-c3ccccc3O)c2c1. The van der Waals surface area contributed by atoms with E-state index >= 15 is 0 Å². The van der Waals surface area contributed by atoms with E-state index in [1.807, 2.05) is 0 Å². The van der Waals surface area contributed by atoms with Crippen LogP contribution in [-0.2, 0) is 0 Å². The summed E-state index contributed by atoms with van der Waals surface area (Å²) >= 11 is 0. The summed E-state index contributed by atoms with van der Waals surface area (Å²) in [5.41, 5.74) is 1.20. The maximum Gasteiger partial charge on any atom is 0.178 e. The van der Waals surface area contributed by atoms with Gasteiger partial charge in [-0.1, -0.05) is 17.3 Å². The molecule has 0 unspecified atom stereocenters. The van der Waals surface area contributed by atoms with Crippen LogP contribution in [0.4, 0.5) is 0 Å². The fourth-order valence-electron chi connectivity index (χ4n) is 1.79. The quantitative estimate of drug-likeness (QED) is 0.670. The summed E-state index contributed by atoms with van der Waals surface area (Å²) in [4.78, 5) is 0. The first-order valence-electron chi connectivity index (χ1n) is 5.12. The number of benzene rings is 2. The molecule has 0 spiro atoms. The summed E-state index contributed by atoms with van der Waals surface area (Å²) in [6, 6.07) is 11.6.